The van der Waals surface area contributed by atoms with Gasteiger partial charge in [-0.25, -0.2) is 9.97 Å². The van der Waals surface area contributed by atoms with Crippen molar-refractivity contribution in [3.8, 4) is 0 Å². The molecule has 0 spiro atoms. The Morgan fingerprint density at radius 3 is 2.47 bits per heavy atom. The largest absolute Gasteiger partial charge is 0.220 e. The van der Waals surface area contributed by atoms with E-state index in [1.165, 1.54) is 4.88 Å². The van der Waals surface area contributed by atoms with Crippen LogP contribution in [0.1, 0.15) is 16.3 Å². The third-order valence-electron chi connectivity index (χ3n) is 1.99. The van der Waals surface area contributed by atoms with Gasteiger partial charge >= 0.3 is 0 Å². The van der Waals surface area contributed by atoms with Crippen molar-refractivity contribution in [3.63, 3.8) is 0 Å². The van der Waals surface area contributed by atoms with Crippen LogP contribution in [-0.4, -0.2) is 9.97 Å². The summed E-state index contributed by atoms with van der Waals surface area (Å²) in [5, 5.41) is 2.88. The van der Waals surface area contributed by atoms with Gasteiger partial charge in [-0.15, -0.1) is 11.3 Å². The molecule has 5 heteroatoms. The third-order valence-corrected chi connectivity index (χ3v) is 3.60. The minimum Gasteiger partial charge on any atom is -0.220 e. The summed E-state index contributed by atoms with van der Waals surface area (Å²) in [6, 6.07) is 4.03. The van der Waals surface area contributed by atoms with Crippen LogP contribution in [0.4, 0.5) is 0 Å². The number of thiophene rings is 1. The predicted octanol–water partition coefficient (Wildman–Crippen LogP) is 3.74. The maximum absolute atomic E-state index is 5.93. The third kappa shape index (κ3) is 2.48. The maximum atomic E-state index is 5.93. The number of hydrogen-bond donors (Lipinski definition) is 0. The van der Waals surface area contributed by atoms with E-state index in [-0.39, 0.29) is 0 Å². The van der Waals surface area contributed by atoms with Crippen molar-refractivity contribution in [2.75, 3.05) is 0 Å². The summed E-state index contributed by atoms with van der Waals surface area (Å²) in [6.07, 6.45) is 0.678. The van der Waals surface area contributed by atoms with E-state index in [2.05, 4.69) is 9.97 Å². The van der Waals surface area contributed by atoms with Gasteiger partial charge in [0, 0.05) is 16.9 Å². The molecule has 0 aliphatic carbocycles. The van der Waals surface area contributed by atoms with Gasteiger partial charge in [-0.1, -0.05) is 29.3 Å². The van der Waals surface area contributed by atoms with E-state index in [0.717, 1.165) is 5.56 Å². The van der Waals surface area contributed by atoms with Crippen molar-refractivity contribution < 1.29 is 0 Å². The van der Waals surface area contributed by atoms with Gasteiger partial charge in [-0.2, -0.15) is 0 Å². The van der Waals surface area contributed by atoms with Crippen LogP contribution in [0.2, 0.25) is 10.3 Å². The topological polar surface area (TPSA) is 25.8 Å². The predicted molar refractivity (Wildman–Crippen MR) is 63.9 cm³/mol. The number of rotatable bonds is 2. The summed E-state index contributed by atoms with van der Waals surface area (Å²) >= 11 is 13.5. The maximum Gasteiger partial charge on any atom is 0.137 e. The first kappa shape index (κ1) is 10.9. The Labute approximate surface area is 102 Å². The van der Waals surface area contributed by atoms with Crippen molar-refractivity contribution in [1.82, 2.24) is 9.97 Å². The van der Waals surface area contributed by atoms with Gasteiger partial charge in [0.05, 0.1) is 0 Å². The fraction of sp³-hybridized carbons (Fsp3) is 0.200. The molecule has 15 heavy (non-hydrogen) atoms. The van der Waals surface area contributed by atoms with Gasteiger partial charge in [-0.05, 0) is 18.4 Å². The highest BCUT2D eigenvalue weighted by Gasteiger charge is 2.08. The average molecular weight is 259 g/mol. The fourth-order valence-electron chi connectivity index (χ4n) is 1.15. The minimum absolute atomic E-state index is 0.432. The molecule has 0 N–H and O–H groups in total. The van der Waals surface area contributed by atoms with Crippen LogP contribution in [-0.2, 0) is 6.42 Å². The summed E-state index contributed by atoms with van der Waals surface area (Å²) in [5.41, 5.74) is 0.730. The molecule has 2 aromatic heterocycles. The van der Waals surface area contributed by atoms with Crippen molar-refractivity contribution in [1.29, 1.82) is 0 Å². The van der Waals surface area contributed by atoms with E-state index < -0.39 is 0 Å². The van der Waals surface area contributed by atoms with Gasteiger partial charge in [0.25, 0.3) is 0 Å². The first-order chi connectivity index (χ1) is 7.16. The molecule has 0 bridgehead atoms. The fourth-order valence-corrected chi connectivity index (χ4v) is 2.28. The molecule has 0 atom stereocenters. The van der Waals surface area contributed by atoms with Crippen LogP contribution in [0.3, 0.4) is 0 Å². The molecular weight excluding hydrogens is 251 g/mol. The van der Waals surface area contributed by atoms with Crippen LogP contribution in [0.15, 0.2) is 17.5 Å². The molecular formula is C10H8Cl2N2S. The zero-order valence-electron chi connectivity index (χ0n) is 8.00. The van der Waals surface area contributed by atoms with Crippen molar-refractivity contribution >= 4 is 34.5 Å². The molecule has 2 aromatic rings. The minimum atomic E-state index is 0.432. The molecule has 0 aliphatic heterocycles. The van der Waals surface area contributed by atoms with E-state index in [9.17, 15) is 0 Å². The number of halogens is 2. The average Bonchev–Trinajstić information content (AvgIpc) is 2.66. The summed E-state index contributed by atoms with van der Waals surface area (Å²) in [6.45, 7) is 1.81. The lowest BCUT2D eigenvalue weighted by Crippen LogP contribution is -1.98. The smallest absolute Gasteiger partial charge is 0.137 e. The standard InChI is InChI=1S/C10H8Cl2N2S/c1-6-9(11)13-8(14-10(6)12)5-7-3-2-4-15-7/h2-4H,5H2,1H3. The molecule has 0 unspecified atom stereocenters. The zero-order valence-corrected chi connectivity index (χ0v) is 10.3. The number of hydrogen-bond acceptors (Lipinski definition) is 3. The van der Waals surface area contributed by atoms with E-state index >= 15 is 0 Å². The van der Waals surface area contributed by atoms with Gasteiger partial charge in [0.1, 0.15) is 16.1 Å². The molecule has 0 saturated carbocycles. The molecule has 2 rings (SSSR count). The van der Waals surface area contributed by atoms with Crippen LogP contribution in [0, 0.1) is 6.92 Å². The first-order valence-corrected chi connectivity index (χ1v) is 6.01. The second-order valence-corrected chi connectivity index (χ2v) is 4.85. The van der Waals surface area contributed by atoms with E-state index in [4.69, 9.17) is 23.2 Å². The molecule has 0 radical (unpaired) electrons. The number of nitrogens with zero attached hydrogens (tertiary/aromatic N) is 2. The Morgan fingerprint density at radius 2 is 1.93 bits per heavy atom. The first-order valence-electron chi connectivity index (χ1n) is 4.37. The van der Waals surface area contributed by atoms with Gasteiger partial charge in [0.15, 0.2) is 0 Å². The Hall–Kier alpha value is -0.640. The summed E-state index contributed by atoms with van der Waals surface area (Å²) in [5.74, 6) is 0.665. The van der Waals surface area contributed by atoms with E-state index in [1.807, 2.05) is 17.5 Å². The monoisotopic (exact) mass is 258 g/mol. The Kier molecular flexibility index (Phi) is 3.24. The van der Waals surface area contributed by atoms with Crippen LogP contribution < -0.4 is 0 Å². The molecule has 2 nitrogen and oxygen atoms in total. The molecule has 0 amide bonds. The van der Waals surface area contributed by atoms with E-state index in [0.29, 0.717) is 22.6 Å². The molecule has 0 fully saturated rings. The lowest BCUT2D eigenvalue weighted by Gasteiger charge is -2.03. The second-order valence-electron chi connectivity index (χ2n) is 3.10. The van der Waals surface area contributed by atoms with Gasteiger partial charge in [0.2, 0.25) is 0 Å². The summed E-state index contributed by atoms with van der Waals surface area (Å²) < 4.78 is 0. The highest BCUT2D eigenvalue weighted by atomic mass is 35.5. The lowest BCUT2D eigenvalue weighted by atomic mass is 10.3. The molecule has 78 valence electrons. The highest BCUT2D eigenvalue weighted by Crippen LogP contribution is 2.21. The van der Waals surface area contributed by atoms with Crippen molar-refractivity contribution in [3.05, 3.63) is 44.1 Å². The SMILES string of the molecule is Cc1c(Cl)nc(Cc2cccs2)nc1Cl. The van der Waals surface area contributed by atoms with Crippen LogP contribution in [0.5, 0.6) is 0 Å². The summed E-state index contributed by atoms with van der Waals surface area (Å²) in [4.78, 5) is 9.57. The zero-order chi connectivity index (χ0) is 10.8. The van der Waals surface area contributed by atoms with Crippen LogP contribution in [0.25, 0.3) is 0 Å². The lowest BCUT2D eigenvalue weighted by molar-refractivity contribution is 0.968. The van der Waals surface area contributed by atoms with E-state index in [1.54, 1.807) is 18.3 Å². The second kappa shape index (κ2) is 4.47. The summed E-state index contributed by atoms with van der Waals surface area (Å²) in [7, 11) is 0. The van der Waals surface area contributed by atoms with Gasteiger partial charge in [-0.3, -0.25) is 0 Å². The van der Waals surface area contributed by atoms with Crippen LogP contribution >= 0.6 is 34.5 Å². The van der Waals surface area contributed by atoms with Crippen molar-refractivity contribution in [2.24, 2.45) is 0 Å². The van der Waals surface area contributed by atoms with Crippen molar-refractivity contribution in [2.45, 2.75) is 13.3 Å². The molecule has 0 saturated heterocycles. The highest BCUT2D eigenvalue weighted by molar-refractivity contribution is 7.09. The molecule has 0 aliphatic rings. The molecule has 2 heterocycles. The Balaban J connectivity index is 2.30. The Morgan fingerprint density at radius 1 is 1.27 bits per heavy atom. The van der Waals surface area contributed by atoms with Gasteiger partial charge < -0.3 is 0 Å². The normalized spacial score (nSPS) is 10.6. The quantitative estimate of drug-likeness (QED) is 0.767. The number of aromatic nitrogens is 2. The molecule has 0 aromatic carbocycles. The Bertz CT molecular complexity index is 445.